The summed E-state index contributed by atoms with van der Waals surface area (Å²) in [5.74, 6) is -0.738. The third-order valence-electron chi connectivity index (χ3n) is 2.06. The van der Waals surface area contributed by atoms with Gasteiger partial charge in [-0.15, -0.1) is 0 Å². The number of benzene rings is 1. The van der Waals surface area contributed by atoms with Crippen LogP contribution in [0, 0.1) is 0 Å². The number of halogens is 4. The minimum absolute atomic E-state index is 0.0355. The maximum atomic E-state index is 12.3. The Kier molecular flexibility index (Phi) is 2.26. The molecule has 0 fully saturated rings. The number of carbonyl (C=O) groups is 1. The number of fused-ring (bicyclic) bond motifs is 1. The molecule has 0 unspecified atom stereocenters. The quantitative estimate of drug-likeness (QED) is 0.539. The largest absolute Gasteiger partial charge is 0.442 e. The lowest BCUT2D eigenvalue weighted by Crippen LogP contribution is -2.06. The molecule has 0 saturated carbocycles. The average molecular weight is 281 g/mol. The van der Waals surface area contributed by atoms with E-state index in [0.29, 0.717) is 5.56 Å². The van der Waals surface area contributed by atoms with E-state index in [1.54, 1.807) is 0 Å². The molecule has 1 aliphatic heterocycles. The van der Waals surface area contributed by atoms with Gasteiger partial charge in [0.15, 0.2) is 5.01 Å². The van der Waals surface area contributed by atoms with Crippen molar-refractivity contribution in [2.75, 3.05) is 0 Å². The maximum absolute atomic E-state index is 12.3. The minimum atomic E-state index is -4.44. The van der Waals surface area contributed by atoms with Gasteiger partial charge in [-0.05, 0) is 28.1 Å². The monoisotopic (exact) mass is 280 g/mol. The highest BCUT2D eigenvalue weighted by Crippen LogP contribution is 2.38. The molecule has 1 aromatic carbocycles. The molecular formula is C9H4BrF3O2. The van der Waals surface area contributed by atoms with Gasteiger partial charge < -0.3 is 4.74 Å². The number of alkyl halides is 4. The lowest BCUT2D eigenvalue weighted by molar-refractivity contribution is -0.137. The van der Waals surface area contributed by atoms with Gasteiger partial charge in [0, 0.05) is 5.56 Å². The van der Waals surface area contributed by atoms with Gasteiger partial charge in [0.1, 0.15) is 0 Å². The van der Waals surface area contributed by atoms with Crippen molar-refractivity contribution in [3.05, 3.63) is 34.9 Å². The van der Waals surface area contributed by atoms with Gasteiger partial charge in [-0.25, -0.2) is 4.79 Å². The van der Waals surface area contributed by atoms with Gasteiger partial charge >= 0.3 is 12.1 Å². The van der Waals surface area contributed by atoms with Gasteiger partial charge in [-0.2, -0.15) is 13.2 Å². The van der Waals surface area contributed by atoms with E-state index in [4.69, 9.17) is 4.74 Å². The predicted octanol–water partition coefficient (Wildman–Crippen LogP) is 3.27. The summed E-state index contributed by atoms with van der Waals surface area (Å²) in [5, 5.41) is -0.651. The van der Waals surface area contributed by atoms with E-state index in [1.165, 1.54) is 6.07 Å². The molecule has 0 saturated heterocycles. The normalized spacial score (nSPS) is 20.0. The topological polar surface area (TPSA) is 26.3 Å². The Morgan fingerprint density at radius 3 is 2.60 bits per heavy atom. The lowest BCUT2D eigenvalue weighted by atomic mass is 10.1. The minimum Gasteiger partial charge on any atom is -0.442 e. The third-order valence-corrected chi connectivity index (χ3v) is 2.74. The third kappa shape index (κ3) is 1.73. The number of esters is 1. The highest BCUT2D eigenvalue weighted by molar-refractivity contribution is 9.09. The summed E-state index contributed by atoms with van der Waals surface area (Å²) < 4.78 is 41.7. The molecule has 2 rings (SSSR count). The summed E-state index contributed by atoms with van der Waals surface area (Å²) in [6.45, 7) is 0. The fourth-order valence-electron chi connectivity index (χ4n) is 1.33. The standard InChI is InChI=1S/C9H4BrF3O2/c10-7-5-2-1-4(9(11,12)13)3-6(5)8(14)15-7/h1-3,7H/t7-/m0/s1. The van der Waals surface area contributed by atoms with Crippen molar-refractivity contribution in [2.24, 2.45) is 0 Å². The fraction of sp³-hybridized carbons (Fsp3) is 0.222. The van der Waals surface area contributed by atoms with Crippen LogP contribution in [-0.2, 0) is 10.9 Å². The van der Waals surface area contributed by atoms with Crippen LogP contribution in [0.25, 0.3) is 0 Å². The zero-order valence-corrected chi connectivity index (χ0v) is 8.72. The van der Waals surface area contributed by atoms with Gasteiger partial charge in [0.05, 0.1) is 11.1 Å². The van der Waals surface area contributed by atoms with Crippen LogP contribution in [0.1, 0.15) is 26.5 Å². The summed E-state index contributed by atoms with van der Waals surface area (Å²) in [4.78, 5) is 11.1. The van der Waals surface area contributed by atoms with Gasteiger partial charge in [0.2, 0.25) is 0 Å². The van der Waals surface area contributed by atoms with Gasteiger partial charge in [-0.3, -0.25) is 0 Å². The van der Waals surface area contributed by atoms with E-state index in [1.807, 2.05) is 0 Å². The van der Waals surface area contributed by atoms with Crippen molar-refractivity contribution < 1.29 is 22.7 Å². The number of carbonyl (C=O) groups excluding carboxylic acids is 1. The molecule has 0 amide bonds. The van der Waals surface area contributed by atoms with E-state index >= 15 is 0 Å². The van der Waals surface area contributed by atoms with Crippen molar-refractivity contribution in [2.45, 2.75) is 11.2 Å². The summed E-state index contributed by atoms with van der Waals surface area (Å²) in [7, 11) is 0. The predicted molar refractivity (Wildman–Crippen MR) is 48.5 cm³/mol. The van der Waals surface area contributed by atoms with Gasteiger partial charge in [-0.1, -0.05) is 6.07 Å². The van der Waals surface area contributed by atoms with E-state index in [0.717, 1.165) is 12.1 Å². The van der Waals surface area contributed by atoms with Crippen molar-refractivity contribution in [1.29, 1.82) is 0 Å². The summed E-state index contributed by atoms with van der Waals surface area (Å²) in [6, 6.07) is 2.97. The van der Waals surface area contributed by atoms with Crippen molar-refractivity contribution in [1.82, 2.24) is 0 Å². The molecule has 0 N–H and O–H groups in total. The van der Waals surface area contributed by atoms with E-state index in [2.05, 4.69) is 15.9 Å². The zero-order chi connectivity index (χ0) is 11.2. The Bertz CT molecular complexity index is 428. The highest BCUT2D eigenvalue weighted by atomic mass is 79.9. The van der Waals surface area contributed by atoms with Crippen molar-refractivity contribution >= 4 is 21.9 Å². The maximum Gasteiger partial charge on any atom is 0.416 e. The van der Waals surface area contributed by atoms with E-state index < -0.39 is 22.7 Å². The smallest absolute Gasteiger partial charge is 0.416 e. The SMILES string of the molecule is O=C1O[C@H](Br)c2ccc(C(F)(F)F)cc21. The first kappa shape index (κ1) is 10.5. The number of hydrogen-bond acceptors (Lipinski definition) is 2. The molecule has 6 heteroatoms. The molecule has 1 heterocycles. The first-order valence-electron chi connectivity index (χ1n) is 3.96. The number of cyclic esters (lactones) is 1. The first-order chi connectivity index (χ1) is 6.89. The van der Waals surface area contributed by atoms with Crippen LogP contribution in [0.4, 0.5) is 13.2 Å². The molecule has 0 aromatic heterocycles. The first-order valence-corrected chi connectivity index (χ1v) is 4.87. The molecular weight excluding hydrogens is 277 g/mol. The van der Waals surface area contributed by atoms with Crippen LogP contribution < -0.4 is 0 Å². The van der Waals surface area contributed by atoms with Crippen LogP contribution in [0.5, 0.6) is 0 Å². The van der Waals surface area contributed by atoms with Crippen molar-refractivity contribution in [3.8, 4) is 0 Å². The van der Waals surface area contributed by atoms with Crippen LogP contribution in [0.3, 0.4) is 0 Å². The highest BCUT2D eigenvalue weighted by Gasteiger charge is 2.35. The second-order valence-electron chi connectivity index (χ2n) is 3.02. The van der Waals surface area contributed by atoms with Crippen LogP contribution in [0.15, 0.2) is 18.2 Å². The molecule has 1 aliphatic rings. The number of rotatable bonds is 0. The van der Waals surface area contributed by atoms with Crippen LogP contribution >= 0.6 is 15.9 Å². The second-order valence-corrected chi connectivity index (χ2v) is 3.85. The van der Waals surface area contributed by atoms with Crippen molar-refractivity contribution in [3.63, 3.8) is 0 Å². The average Bonchev–Trinajstić information content (AvgIpc) is 2.41. The summed E-state index contributed by atoms with van der Waals surface area (Å²) >= 11 is 3.03. The van der Waals surface area contributed by atoms with Gasteiger partial charge in [0.25, 0.3) is 0 Å². The second kappa shape index (κ2) is 3.23. The van der Waals surface area contributed by atoms with E-state index in [-0.39, 0.29) is 5.56 Å². The lowest BCUT2D eigenvalue weighted by Gasteiger charge is -2.07. The Morgan fingerprint density at radius 2 is 2.00 bits per heavy atom. The molecule has 1 atom stereocenters. The van der Waals surface area contributed by atoms with Crippen LogP contribution in [-0.4, -0.2) is 5.97 Å². The summed E-state index contributed by atoms with van der Waals surface area (Å²) in [6.07, 6.45) is -4.44. The molecule has 2 nitrogen and oxygen atoms in total. The Hall–Kier alpha value is -1.04. The molecule has 80 valence electrons. The molecule has 1 aromatic rings. The Balaban J connectivity index is 2.52. The molecule has 0 bridgehead atoms. The fourth-order valence-corrected chi connectivity index (χ4v) is 1.90. The van der Waals surface area contributed by atoms with Crippen LogP contribution in [0.2, 0.25) is 0 Å². The Labute approximate surface area is 91.2 Å². The van der Waals surface area contributed by atoms with E-state index in [9.17, 15) is 18.0 Å². The molecule has 0 aliphatic carbocycles. The number of ether oxygens (including phenoxy) is 1. The molecule has 0 spiro atoms. The summed E-state index contributed by atoms with van der Waals surface area (Å²) in [5.41, 5.74) is -0.459. The molecule has 15 heavy (non-hydrogen) atoms. The zero-order valence-electron chi connectivity index (χ0n) is 7.14. The Morgan fingerprint density at radius 1 is 1.33 bits per heavy atom. The number of hydrogen-bond donors (Lipinski definition) is 0. The molecule has 0 radical (unpaired) electrons.